The van der Waals surface area contributed by atoms with Gasteiger partial charge in [0.2, 0.25) is 0 Å². The molecule has 0 aliphatic heterocycles. The lowest BCUT2D eigenvalue weighted by Gasteiger charge is -2.12. The summed E-state index contributed by atoms with van der Waals surface area (Å²) in [7, 11) is 0. The van der Waals surface area contributed by atoms with E-state index in [1.165, 1.54) is 0 Å². The van der Waals surface area contributed by atoms with Gasteiger partial charge in [0.05, 0.1) is 0 Å². The maximum Gasteiger partial charge on any atom is 0.116 e. The van der Waals surface area contributed by atoms with E-state index in [1.54, 1.807) is 23.5 Å². The molecule has 0 spiro atoms. The first-order valence-electron chi connectivity index (χ1n) is 6.10. The number of phenolic OH excluding ortho intramolecular Hbond substituents is 1. The van der Waals surface area contributed by atoms with Crippen LogP contribution in [0.5, 0.6) is 5.75 Å². The quantitative estimate of drug-likeness (QED) is 0.624. The van der Waals surface area contributed by atoms with Crippen LogP contribution in [0.4, 0.5) is 11.4 Å². The van der Waals surface area contributed by atoms with Crippen molar-refractivity contribution in [3.63, 3.8) is 0 Å². The lowest BCUT2D eigenvalue weighted by Crippen LogP contribution is -1.91. The number of phenols is 1. The molecule has 0 unspecified atom stereocenters. The normalized spacial score (nSPS) is 10.4. The van der Waals surface area contributed by atoms with Gasteiger partial charge in [0.15, 0.2) is 0 Å². The number of aromatic hydroxyl groups is 1. The van der Waals surface area contributed by atoms with Crippen molar-refractivity contribution in [2.24, 2.45) is 0 Å². The Balaban J connectivity index is 2.04. The predicted molar refractivity (Wildman–Crippen MR) is 86.2 cm³/mol. The SMILES string of the molecule is Oc1ccc(Nc2ccsc2)c(-c2ccc(Cl)cc2)c1. The molecule has 0 saturated heterocycles. The number of halogens is 1. The highest BCUT2D eigenvalue weighted by atomic mass is 35.5. The van der Waals surface area contributed by atoms with Crippen LogP contribution in [0, 0.1) is 0 Å². The van der Waals surface area contributed by atoms with Crippen LogP contribution < -0.4 is 5.32 Å². The number of thiophene rings is 1. The van der Waals surface area contributed by atoms with E-state index in [-0.39, 0.29) is 5.75 Å². The number of hydrogen-bond donors (Lipinski definition) is 2. The summed E-state index contributed by atoms with van der Waals surface area (Å²) >= 11 is 7.56. The van der Waals surface area contributed by atoms with E-state index < -0.39 is 0 Å². The molecular formula is C16H12ClNOS. The Morgan fingerprint density at radius 3 is 2.50 bits per heavy atom. The molecule has 3 rings (SSSR count). The highest BCUT2D eigenvalue weighted by Crippen LogP contribution is 2.34. The van der Waals surface area contributed by atoms with E-state index in [0.717, 1.165) is 22.5 Å². The average molecular weight is 302 g/mol. The first-order chi connectivity index (χ1) is 9.72. The third-order valence-corrected chi connectivity index (χ3v) is 3.89. The molecule has 0 aliphatic rings. The van der Waals surface area contributed by atoms with E-state index in [1.807, 2.05) is 47.2 Å². The van der Waals surface area contributed by atoms with Crippen LogP contribution in [0.1, 0.15) is 0 Å². The molecular weight excluding hydrogens is 290 g/mol. The lowest BCUT2D eigenvalue weighted by molar-refractivity contribution is 0.475. The molecule has 0 amide bonds. The van der Waals surface area contributed by atoms with Gasteiger partial charge in [0, 0.05) is 27.3 Å². The molecule has 0 fully saturated rings. The first kappa shape index (κ1) is 13.0. The second kappa shape index (κ2) is 5.57. The summed E-state index contributed by atoms with van der Waals surface area (Å²) in [6, 6.07) is 14.9. The Kier molecular flexibility index (Phi) is 3.63. The summed E-state index contributed by atoms with van der Waals surface area (Å²) in [5.74, 6) is 0.241. The molecule has 3 aromatic rings. The van der Waals surface area contributed by atoms with E-state index in [4.69, 9.17) is 11.6 Å². The molecule has 1 aromatic heterocycles. The molecule has 100 valence electrons. The number of anilines is 2. The third-order valence-electron chi connectivity index (χ3n) is 2.96. The second-order valence-electron chi connectivity index (χ2n) is 4.37. The largest absolute Gasteiger partial charge is 0.508 e. The molecule has 0 atom stereocenters. The molecule has 2 N–H and O–H groups in total. The average Bonchev–Trinajstić information content (AvgIpc) is 2.95. The molecule has 1 heterocycles. The summed E-state index contributed by atoms with van der Waals surface area (Å²) in [6.07, 6.45) is 0. The zero-order valence-electron chi connectivity index (χ0n) is 10.5. The molecule has 2 nitrogen and oxygen atoms in total. The van der Waals surface area contributed by atoms with Gasteiger partial charge in [0.1, 0.15) is 5.75 Å². The van der Waals surface area contributed by atoms with Gasteiger partial charge in [0.25, 0.3) is 0 Å². The van der Waals surface area contributed by atoms with Crippen molar-refractivity contribution < 1.29 is 5.11 Å². The van der Waals surface area contributed by atoms with Gasteiger partial charge in [-0.15, -0.1) is 0 Å². The highest BCUT2D eigenvalue weighted by molar-refractivity contribution is 7.08. The van der Waals surface area contributed by atoms with Crippen LogP contribution in [0.15, 0.2) is 59.3 Å². The molecule has 0 radical (unpaired) electrons. The Morgan fingerprint density at radius 1 is 1.00 bits per heavy atom. The third kappa shape index (κ3) is 2.79. The van der Waals surface area contributed by atoms with Gasteiger partial charge in [-0.05, 0) is 47.3 Å². The summed E-state index contributed by atoms with van der Waals surface area (Å²) in [5, 5.41) is 17.8. The first-order valence-corrected chi connectivity index (χ1v) is 7.42. The van der Waals surface area contributed by atoms with E-state index >= 15 is 0 Å². The number of rotatable bonds is 3. The van der Waals surface area contributed by atoms with E-state index in [0.29, 0.717) is 5.02 Å². The van der Waals surface area contributed by atoms with Gasteiger partial charge in [-0.1, -0.05) is 23.7 Å². The highest BCUT2D eigenvalue weighted by Gasteiger charge is 2.07. The van der Waals surface area contributed by atoms with E-state index in [2.05, 4.69) is 5.32 Å². The molecule has 0 aliphatic carbocycles. The minimum Gasteiger partial charge on any atom is -0.508 e. The van der Waals surface area contributed by atoms with Crippen molar-refractivity contribution in [1.29, 1.82) is 0 Å². The van der Waals surface area contributed by atoms with Crippen LogP contribution in [0.2, 0.25) is 5.02 Å². The Hall–Kier alpha value is -1.97. The van der Waals surface area contributed by atoms with Crippen molar-refractivity contribution in [2.75, 3.05) is 5.32 Å². The van der Waals surface area contributed by atoms with Crippen LogP contribution in [-0.2, 0) is 0 Å². The standard InChI is InChI=1S/C16H12ClNOS/c17-12-3-1-11(2-4-12)15-9-14(19)5-6-16(15)18-13-7-8-20-10-13/h1-10,18-19H. The van der Waals surface area contributed by atoms with Crippen molar-refractivity contribution in [3.8, 4) is 16.9 Å². The minimum atomic E-state index is 0.241. The van der Waals surface area contributed by atoms with Gasteiger partial charge in [-0.25, -0.2) is 0 Å². The van der Waals surface area contributed by atoms with Crippen molar-refractivity contribution in [1.82, 2.24) is 0 Å². The molecule has 0 bridgehead atoms. The number of nitrogens with one attached hydrogen (secondary N) is 1. The van der Waals surface area contributed by atoms with Crippen LogP contribution >= 0.6 is 22.9 Å². The molecule has 0 saturated carbocycles. The summed E-state index contributed by atoms with van der Waals surface area (Å²) in [5.41, 5.74) is 3.93. The maximum atomic E-state index is 9.73. The second-order valence-corrected chi connectivity index (χ2v) is 5.59. The predicted octanol–water partition coefficient (Wildman–Crippen LogP) is 5.52. The van der Waals surface area contributed by atoms with Crippen molar-refractivity contribution >= 4 is 34.3 Å². The monoisotopic (exact) mass is 301 g/mol. The fourth-order valence-corrected chi connectivity index (χ4v) is 2.71. The van der Waals surface area contributed by atoms with Crippen molar-refractivity contribution in [3.05, 3.63) is 64.3 Å². The fraction of sp³-hybridized carbons (Fsp3) is 0. The van der Waals surface area contributed by atoms with Gasteiger partial charge >= 0.3 is 0 Å². The van der Waals surface area contributed by atoms with Gasteiger partial charge in [-0.3, -0.25) is 0 Å². The van der Waals surface area contributed by atoms with Gasteiger partial charge in [-0.2, -0.15) is 11.3 Å². The Morgan fingerprint density at radius 2 is 1.80 bits per heavy atom. The zero-order valence-corrected chi connectivity index (χ0v) is 12.1. The smallest absolute Gasteiger partial charge is 0.116 e. The maximum absolute atomic E-state index is 9.73. The summed E-state index contributed by atoms with van der Waals surface area (Å²) in [4.78, 5) is 0. The number of hydrogen-bond acceptors (Lipinski definition) is 3. The minimum absolute atomic E-state index is 0.241. The Bertz CT molecular complexity index is 708. The number of benzene rings is 2. The Labute approximate surface area is 126 Å². The lowest BCUT2D eigenvalue weighted by atomic mass is 10.0. The topological polar surface area (TPSA) is 32.3 Å². The van der Waals surface area contributed by atoms with Crippen LogP contribution in [-0.4, -0.2) is 5.11 Å². The molecule has 2 aromatic carbocycles. The molecule has 20 heavy (non-hydrogen) atoms. The summed E-state index contributed by atoms with van der Waals surface area (Å²) < 4.78 is 0. The zero-order chi connectivity index (χ0) is 13.9. The van der Waals surface area contributed by atoms with Gasteiger partial charge < -0.3 is 10.4 Å². The van der Waals surface area contributed by atoms with Crippen LogP contribution in [0.3, 0.4) is 0 Å². The summed E-state index contributed by atoms with van der Waals surface area (Å²) in [6.45, 7) is 0. The van der Waals surface area contributed by atoms with E-state index in [9.17, 15) is 5.11 Å². The fourth-order valence-electron chi connectivity index (χ4n) is 2.00. The molecule has 4 heteroatoms. The van der Waals surface area contributed by atoms with Crippen LogP contribution in [0.25, 0.3) is 11.1 Å². The van der Waals surface area contributed by atoms with Crippen molar-refractivity contribution in [2.45, 2.75) is 0 Å².